The van der Waals surface area contributed by atoms with E-state index in [1.54, 1.807) is 7.11 Å². The van der Waals surface area contributed by atoms with Gasteiger partial charge in [-0.05, 0) is 49.9 Å². The summed E-state index contributed by atoms with van der Waals surface area (Å²) in [5, 5.41) is 2.84. The van der Waals surface area contributed by atoms with Gasteiger partial charge in [-0.1, -0.05) is 0 Å². The van der Waals surface area contributed by atoms with Gasteiger partial charge in [0.1, 0.15) is 5.75 Å². The fourth-order valence-corrected chi connectivity index (χ4v) is 3.25. The lowest BCUT2D eigenvalue weighted by atomic mass is 10.0. The van der Waals surface area contributed by atoms with Gasteiger partial charge in [-0.25, -0.2) is 0 Å². The van der Waals surface area contributed by atoms with Crippen molar-refractivity contribution in [2.75, 3.05) is 12.4 Å². The summed E-state index contributed by atoms with van der Waals surface area (Å²) >= 11 is 6.87. The van der Waals surface area contributed by atoms with Crippen LogP contribution in [0.1, 0.15) is 12.0 Å². The van der Waals surface area contributed by atoms with E-state index in [0.29, 0.717) is 12.2 Å². The van der Waals surface area contributed by atoms with E-state index in [0.717, 1.165) is 26.6 Å². The third kappa shape index (κ3) is 1.90. The smallest absolute Gasteiger partial charge is 0.224 e. The van der Waals surface area contributed by atoms with Crippen LogP contribution in [0.3, 0.4) is 0 Å². The van der Waals surface area contributed by atoms with Crippen molar-refractivity contribution in [2.45, 2.75) is 12.8 Å². The first-order valence-corrected chi connectivity index (χ1v) is 6.06. The van der Waals surface area contributed by atoms with Crippen LogP contribution in [0.25, 0.3) is 0 Å². The molecule has 3 nitrogen and oxygen atoms in total. The Morgan fingerprint density at radius 3 is 2.80 bits per heavy atom. The molecule has 1 N–H and O–H groups in total. The number of ether oxygens (including phenoxy) is 1. The van der Waals surface area contributed by atoms with Crippen molar-refractivity contribution in [1.29, 1.82) is 0 Å². The van der Waals surface area contributed by atoms with E-state index in [1.165, 1.54) is 0 Å². The van der Waals surface area contributed by atoms with E-state index in [-0.39, 0.29) is 5.91 Å². The largest absolute Gasteiger partial charge is 0.494 e. The molecule has 0 atom stereocenters. The SMILES string of the molecule is COc1c(Br)cc2c(c1Br)NC(=O)CC2. The fourth-order valence-electron chi connectivity index (χ4n) is 1.62. The number of carbonyl (C=O) groups excluding carboxylic acids is 1. The molecule has 0 aromatic heterocycles. The number of fused-ring (bicyclic) bond motifs is 1. The van der Waals surface area contributed by atoms with Crippen LogP contribution >= 0.6 is 31.9 Å². The predicted molar refractivity (Wildman–Crippen MR) is 65.3 cm³/mol. The van der Waals surface area contributed by atoms with Crippen molar-refractivity contribution >= 4 is 43.5 Å². The highest BCUT2D eigenvalue weighted by molar-refractivity contribution is 9.11. The zero-order valence-corrected chi connectivity index (χ0v) is 11.2. The Hall–Kier alpha value is -0.550. The van der Waals surface area contributed by atoms with Crippen molar-refractivity contribution in [3.05, 3.63) is 20.6 Å². The van der Waals surface area contributed by atoms with E-state index in [1.807, 2.05) is 6.07 Å². The Labute approximate surface area is 104 Å². The second-order valence-corrected chi connectivity index (χ2v) is 4.94. The Kier molecular flexibility index (Phi) is 3.02. The third-order valence-electron chi connectivity index (χ3n) is 2.35. The number of carbonyl (C=O) groups is 1. The molecule has 0 spiro atoms. The third-order valence-corrected chi connectivity index (χ3v) is 3.69. The van der Waals surface area contributed by atoms with E-state index in [4.69, 9.17) is 4.74 Å². The van der Waals surface area contributed by atoms with Gasteiger partial charge in [-0.15, -0.1) is 0 Å². The van der Waals surface area contributed by atoms with Crippen molar-refractivity contribution < 1.29 is 9.53 Å². The van der Waals surface area contributed by atoms with Crippen molar-refractivity contribution in [2.24, 2.45) is 0 Å². The number of amides is 1. The molecule has 1 aliphatic rings. The zero-order valence-electron chi connectivity index (χ0n) is 8.06. The summed E-state index contributed by atoms with van der Waals surface area (Å²) in [5.41, 5.74) is 1.94. The highest BCUT2D eigenvalue weighted by atomic mass is 79.9. The van der Waals surface area contributed by atoms with E-state index in [2.05, 4.69) is 37.2 Å². The Bertz CT molecular complexity index is 432. The number of rotatable bonds is 1. The van der Waals surface area contributed by atoms with Gasteiger partial charge in [0.15, 0.2) is 0 Å². The van der Waals surface area contributed by atoms with E-state index < -0.39 is 0 Å². The molecular formula is C10H9Br2NO2. The summed E-state index contributed by atoms with van der Waals surface area (Å²) in [6, 6.07) is 1.98. The summed E-state index contributed by atoms with van der Waals surface area (Å²) in [4.78, 5) is 11.3. The average Bonchev–Trinajstić information content (AvgIpc) is 2.20. The van der Waals surface area contributed by atoms with Crippen LogP contribution in [-0.2, 0) is 11.2 Å². The van der Waals surface area contributed by atoms with Gasteiger partial charge >= 0.3 is 0 Å². The van der Waals surface area contributed by atoms with Crippen LogP contribution in [0, 0.1) is 0 Å². The Morgan fingerprint density at radius 1 is 1.40 bits per heavy atom. The van der Waals surface area contributed by atoms with E-state index in [9.17, 15) is 4.79 Å². The van der Waals surface area contributed by atoms with Gasteiger partial charge in [-0.2, -0.15) is 0 Å². The second-order valence-electron chi connectivity index (χ2n) is 3.29. The number of anilines is 1. The average molecular weight is 335 g/mol. The molecule has 15 heavy (non-hydrogen) atoms. The van der Waals surface area contributed by atoms with Gasteiger partial charge in [-0.3, -0.25) is 4.79 Å². The molecule has 0 saturated heterocycles. The van der Waals surface area contributed by atoms with Crippen molar-refractivity contribution in [3.8, 4) is 5.75 Å². The number of methoxy groups -OCH3 is 1. The van der Waals surface area contributed by atoms with Crippen LogP contribution in [0.15, 0.2) is 15.0 Å². The van der Waals surface area contributed by atoms with Crippen LogP contribution in [0.2, 0.25) is 0 Å². The molecule has 0 aliphatic carbocycles. The highest BCUT2D eigenvalue weighted by Gasteiger charge is 2.21. The minimum absolute atomic E-state index is 0.0487. The number of nitrogens with one attached hydrogen (secondary N) is 1. The van der Waals surface area contributed by atoms with Gasteiger partial charge in [0, 0.05) is 6.42 Å². The van der Waals surface area contributed by atoms with E-state index >= 15 is 0 Å². The summed E-state index contributed by atoms with van der Waals surface area (Å²) in [6.07, 6.45) is 1.31. The van der Waals surface area contributed by atoms with Gasteiger partial charge < -0.3 is 10.1 Å². The van der Waals surface area contributed by atoms with Crippen LogP contribution in [0.5, 0.6) is 5.75 Å². The Balaban J connectivity index is 2.58. The summed E-state index contributed by atoms with van der Waals surface area (Å²) in [5.74, 6) is 0.753. The summed E-state index contributed by atoms with van der Waals surface area (Å²) < 4.78 is 6.92. The minimum atomic E-state index is 0.0487. The lowest BCUT2D eigenvalue weighted by molar-refractivity contribution is -0.116. The first-order valence-electron chi connectivity index (χ1n) is 4.48. The zero-order chi connectivity index (χ0) is 11.0. The molecule has 1 amide bonds. The molecule has 1 heterocycles. The first-order chi connectivity index (χ1) is 7.13. The summed E-state index contributed by atoms with van der Waals surface area (Å²) in [6.45, 7) is 0. The van der Waals surface area contributed by atoms with Crippen molar-refractivity contribution in [1.82, 2.24) is 0 Å². The molecule has 0 unspecified atom stereocenters. The first kappa shape index (κ1) is 11.0. The lowest BCUT2D eigenvalue weighted by Crippen LogP contribution is -2.19. The maximum Gasteiger partial charge on any atom is 0.224 e. The Morgan fingerprint density at radius 2 is 2.13 bits per heavy atom. The molecule has 2 rings (SSSR count). The molecular weight excluding hydrogens is 326 g/mol. The number of benzene rings is 1. The van der Waals surface area contributed by atoms with Gasteiger partial charge in [0.05, 0.1) is 21.7 Å². The number of hydrogen-bond donors (Lipinski definition) is 1. The quantitative estimate of drug-likeness (QED) is 0.857. The monoisotopic (exact) mass is 333 g/mol. The van der Waals surface area contributed by atoms with Crippen LogP contribution in [0.4, 0.5) is 5.69 Å². The maximum absolute atomic E-state index is 11.3. The van der Waals surface area contributed by atoms with Gasteiger partial charge in [0.2, 0.25) is 5.91 Å². The minimum Gasteiger partial charge on any atom is -0.494 e. The highest BCUT2D eigenvalue weighted by Crippen LogP contribution is 2.42. The standard InChI is InChI=1S/C10H9Br2NO2/c1-15-10-6(11)4-5-2-3-7(14)13-9(5)8(10)12/h4H,2-3H2,1H3,(H,13,14). The lowest BCUT2D eigenvalue weighted by Gasteiger charge is -2.20. The van der Waals surface area contributed by atoms with Crippen LogP contribution in [-0.4, -0.2) is 13.0 Å². The number of hydrogen-bond acceptors (Lipinski definition) is 2. The molecule has 5 heteroatoms. The predicted octanol–water partition coefficient (Wildman–Crippen LogP) is 3.10. The number of aryl methyl sites for hydroxylation is 1. The molecule has 1 aliphatic heterocycles. The molecule has 0 saturated carbocycles. The number of halogens is 2. The second kappa shape index (κ2) is 4.14. The maximum atomic E-state index is 11.3. The molecule has 1 aromatic rings. The van der Waals surface area contributed by atoms with Crippen molar-refractivity contribution in [3.63, 3.8) is 0 Å². The normalized spacial score (nSPS) is 14.5. The van der Waals surface area contributed by atoms with Crippen LogP contribution < -0.4 is 10.1 Å². The molecule has 80 valence electrons. The molecule has 1 aromatic carbocycles. The fraction of sp³-hybridized carbons (Fsp3) is 0.300. The molecule has 0 fully saturated rings. The molecule has 0 bridgehead atoms. The molecule has 0 radical (unpaired) electrons. The summed E-state index contributed by atoms with van der Waals surface area (Å²) in [7, 11) is 1.60. The van der Waals surface area contributed by atoms with Gasteiger partial charge in [0.25, 0.3) is 0 Å². The topological polar surface area (TPSA) is 38.3 Å².